The van der Waals surface area contributed by atoms with E-state index in [0.717, 1.165) is 91.4 Å². The van der Waals surface area contributed by atoms with Crippen LogP contribution in [-0.2, 0) is 47.7 Å². The molecule has 14 atom stereocenters. The van der Waals surface area contributed by atoms with Crippen molar-refractivity contribution in [2.24, 2.45) is 11.7 Å². The Balaban J connectivity index is 1.04. The number of ether oxygens (including phenoxy) is 2. The van der Waals surface area contributed by atoms with Crippen LogP contribution in [0.25, 0.3) is 26.8 Å². The average molecular weight is 1380 g/mol. The molecule has 0 bridgehead atoms. The number of hydrogen-bond donors (Lipinski definition) is 15. The standard InChI is InChI=1S/C61H79N11O22S2/c1-30-27-71-49(50(30)79)57(86)63-26-36(74)23-39(64-53(82)33-12-10-32(11-13-33)40-29-72-61(65-40)95-58(69-72)34-14-17-38(18-15-34)91-21-9-7-5-4-6-8-20-90-3)54(83)66-46(31(2)73)59(87)70-28-37(75)24-41(70)55(84)68-48(56(85)67-47(60(71)88)43(77)25-45(62)78)52(81)51(80)35-16-19-42(76)44(22-35)92-96-94-93-89/h10-19,22,29-31,36-37,39,41,43,46-52,73-77,79-81,89H,4-9,20-21,23-28H2,1-3H3,(H2,62,78)(H,63,86)(H,64,82)(H,66,83)(H,67,85)(H,68,84)/t30?,31?,36?,37?,39-,41?,43?,46?,47?,48?,49?,50?,51?,52?/m0/s1. The molecule has 0 aliphatic carbocycles. The number of imidazole rings is 1. The highest BCUT2D eigenvalue weighted by Crippen LogP contribution is 2.35. The van der Waals surface area contributed by atoms with Gasteiger partial charge in [-0.2, -0.15) is 5.10 Å². The van der Waals surface area contributed by atoms with E-state index in [4.69, 9.17) is 34.7 Å². The van der Waals surface area contributed by atoms with Crippen LogP contribution in [-0.4, -0.2) is 231 Å². The number of methoxy groups -OCH3 is 1. The maximum Gasteiger partial charge on any atom is 0.261 e. The van der Waals surface area contributed by atoms with Gasteiger partial charge in [-0.15, -0.1) is 0 Å². The second-order valence-corrected chi connectivity index (χ2v) is 25.1. The number of carbonyl (C=O) groups excluding carboxylic acids is 8. The van der Waals surface area contributed by atoms with Gasteiger partial charge >= 0.3 is 0 Å². The molecule has 3 saturated heterocycles. The molecular weight excluding hydrogens is 1300 g/mol. The van der Waals surface area contributed by atoms with Crippen molar-refractivity contribution in [3.63, 3.8) is 0 Å². The van der Waals surface area contributed by atoms with E-state index >= 15 is 0 Å². The van der Waals surface area contributed by atoms with E-state index in [-0.39, 0.29) is 23.5 Å². The molecule has 0 saturated carbocycles. The van der Waals surface area contributed by atoms with Gasteiger partial charge in [-0.3, -0.25) is 38.4 Å². The molecule has 5 aromatic rings. The summed E-state index contributed by atoms with van der Waals surface area (Å²) in [4.78, 5) is 121. The molecule has 3 fully saturated rings. The number of phenolic OH excluding ortho intramolecular Hbond substituents is 1. The van der Waals surface area contributed by atoms with Gasteiger partial charge in [0, 0.05) is 68.8 Å². The number of β-amino-alcohol motifs (C(OH)–C–C–N with tert-alkyl or cyclic N) is 1. The fraction of sp³-hybridized carbons (Fsp3) is 0.508. The Labute approximate surface area is 557 Å². The summed E-state index contributed by atoms with van der Waals surface area (Å²) < 4.78 is 21.9. The van der Waals surface area contributed by atoms with E-state index in [1.165, 1.54) is 30.4 Å². The number of phenols is 1. The van der Waals surface area contributed by atoms with Gasteiger partial charge in [-0.05, 0) is 73.9 Å². The molecule has 33 nitrogen and oxygen atoms in total. The van der Waals surface area contributed by atoms with Crippen molar-refractivity contribution in [2.45, 2.75) is 151 Å². The second-order valence-electron chi connectivity index (χ2n) is 23.7. The summed E-state index contributed by atoms with van der Waals surface area (Å²) in [5.74, 6) is -11.2. The lowest BCUT2D eigenvalue weighted by molar-refractivity contribution is -0.433. The first kappa shape index (κ1) is 73.6. The van der Waals surface area contributed by atoms with Crippen LogP contribution < -0.4 is 41.2 Å². The van der Waals surface area contributed by atoms with Crippen LogP contribution >= 0.6 is 23.7 Å². The quantitative estimate of drug-likeness (QED) is 0.0142. The highest BCUT2D eigenvalue weighted by atomic mass is 32.2. The Morgan fingerprint density at radius 2 is 1.44 bits per heavy atom. The van der Waals surface area contributed by atoms with E-state index < -0.39 is 183 Å². The summed E-state index contributed by atoms with van der Waals surface area (Å²) >= 11 is 1.33. The highest BCUT2D eigenvalue weighted by molar-refractivity contribution is 7.90. The highest BCUT2D eigenvalue weighted by Gasteiger charge is 2.50. The van der Waals surface area contributed by atoms with Crippen molar-refractivity contribution in [1.29, 1.82) is 0 Å². The van der Waals surface area contributed by atoms with Gasteiger partial charge in [0.15, 0.2) is 11.5 Å². The molecule has 3 aliphatic rings. The van der Waals surface area contributed by atoms with Crippen LogP contribution in [0.3, 0.4) is 0 Å². The molecule has 8 rings (SSSR count). The number of aromatic hydroxyl groups is 1. The number of unbranched alkanes of at least 4 members (excludes halogenated alkanes) is 5. The normalized spacial score (nSPS) is 24.5. The Bertz CT molecular complexity index is 3480. The van der Waals surface area contributed by atoms with Crippen LogP contribution in [0.2, 0.25) is 0 Å². The molecule has 0 spiro atoms. The molecule has 5 heterocycles. The molecule has 3 aromatic carbocycles. The van der Waals surface area contributed by atoms with Crippen LogP contribution in [0.5, 0.6) is 17.2 Å². The summed E-state index contributed by atoms with van der Waals surface area (Å²) in [6.07, 6.45) is -7.91. The molecule has 8 amide bonds. The zero-order chi connectivity index (χ0) is 69.5. The van der Waals surface area contributed by atoms with Gasteiger partial charge in [0.2, 0.25) is 46.3 Å². The van der Waals surface area contributed by atoms with Crippen molar-refractivity contribution in [1.82, 2.24) is 51.0 Å². The minimum absolute atomic E-state index is 0.0135. The number of nitrogens with one attached hydrogen (secondary N) is 5. The number of aliphatic hydroxyl groups is 7. The minimum atomic E-state index is -2.53. The Morgan fingerprint density at radius 1 is 0.781 bits per heavy atom. The number of aromatic nitrogens is 3. The number of fused-ring (bicyclic) bond motifs is 3. The summed E-state index contributed by atoms with van der Waals surface area (Å²) in [5, 5.41) is 120. The van der Waals surface area contributed by atoms with Crippen molar-refractivity contribution in [3.05, 3.63) is 84.1 Å². The predicted molar refractivity (Wildman–Crippen MR) is 338 cm³/mol. The van der Waals surface area contributed by atoms with Crippen LogP contribution in [0.4, 0.5) is 0 Å². The van der Waals surface area contributed by atoms with E-state index in [9.17, 15) is 79.2 Å². The van der Waals surface area contributed by atoms with Gasteiger partial charge in [0.25, 0.3) is 18.2 Å². The average Bonchev–Trinajstić information content (AvgIpc) is 1.66. The number of amides is 8. The van der Waals surface area contributed by atoms with Gasteiger partial charge in [0.1, 0.15) is 59.2 Å². The van der Waals surface area contributed by atoms with E-state index in [2.05, 4.69) is 36.0 Å². The van der Waals surface area contributed by atoms with Crippen LogP contribution in [0.15, 0.2) is 72.9 Å². The number of primary amides is 1. The van der Waals surface area contributed by atoms with Crippen molar-refractivity contribution >= 4 is 75.9 Å². The summed E-state index contributed by atoms with van der Waals surface area (Å²) in [6.45, 7) is 2.08. The first-order chi connectivity index (χ1) is 45.9. The topological polar surface area (TPSA) is 488 Å². The molecule has 522 valence electrons. The third-order valence-electron chi connectivity index (χ3n) is 16.5. The van der Waals surface area contributed by atoms with E-state index in [1.807, 2.05) is 24.3 Å². The van der Waals surface area contributed by atoms with Gasteiger partial charge in [-0.1, -0.05) is 71.5 Å². The van der Waals surface area contributed by atoms with Crippen LogP contribution in [0.1, 0.15) is 93.7 Å². The zero-order valence-electron chi connectivity index (χ0n) is 52.4. The molecular formula is C61H79N11O22S2. The van der Waals surface area contributed by atoms with Gasteiger partial charge in [0.05, 0.1) is 55.4 Å². The predicted octanol–water partition coefficient (Wildman–Crippen LogP) is -1.13. The summed E-state index contributed by atoms with van der Waals surface area (Å²) in [5.41, 5.74) is 6.97. The Kier molecular flexibility index (Phi) is 26.2. The maximum absolute atomic E-state index is 14.7. The van der Waals surface area contributed by atoms with E-state index in [1.54, 1.807) is 30.0 Å². The summed E-state index contributed by atoms with van der Waals surface area (Å²) in [6, 6.07) is 4.27. The summed E-state index contributed by atoms with van der Waals surface area (Å²) in [7, 11) is 1.71. The van der Waals surface area contributed by atoms with E-state index in [0.29, 0.717) is 27.8 Å². The van der Waals surface area contributed by atoms with Crippen molar-refractivity contribution in [2.75, 3.05) is 40.0 Å². The number of aliphatic hydroxyl groups excluding tert-OH is 7. The monoisotopic (exact) mass is 1380 g/mol. The smallest absolute Gasteiger partial charge is 0.261 e. The fourth-order valence-electron chi connectivity index (χ4n) is 11.4. The largest absolute Gasteiger partial charge is 0.504 e. The zero-order valence-corrected chi connectivity index (χ0v) is 54.0. The second kappa shape index (κ2) is 34.2. The number of benzene rings is 3. The third-order valence-corrected chi connectivity index (χ3v) is 17.9. The number of nitrogens with two attached hydrogens (primary N) is 1. The Morgan fingerprint density at radius 3 is 2.10 bits per heavy atom. The molecule has 35 heteroatoms. The molecule has 0 radical (unpaired) electrons. The number of rotatable bonds is 25. The molecule has 2 aromatic heterocycles. The van der Waals surface area contributed by atoms with Crippen LogP contribution in [0, 0.1) is 5.92 Å². The third kappa shape index (κ3) is 18.7. The molecule has 3 aliphatic heterocycles. The first-order valence-corrected chi connectivity index (χ1v) is 32.3. The lowest BCUT2D eigenvalue weighted by atomic mass is 9.96. The number of hydrogen-bond acceptors (Lipinski definition) is 26. The molecule has 13 unspecified atom stereocenters. The maximum atomic E-state index is 14.7. The molecule has 96 heavy (non-hydrogen) atoms. The van der Waals surface area contributed by atoms with Crippen molar-refractivity contribution in [3.8, 4) is 39.1 Å². The fourth-order valence-corrected chi connectivity index (χ4v) is 12.5. The lowest BCUT2D eigenvalue weighted by Gasteiger charge is -2.34. The number of carbonyl (C=O) groups is 8. The minimum Gasteiger partial charge on any atom is -0.504 e. The van der Waals surface area contributed by atoms with Crippen molar-refractivity contribution < 1.29 is 107 Å². The first-order valence-electron chi connectivity index (χ1n) is 30.9. The number of nitrogens with zero attached hydrogens (tertiary/aromatic N) is 5. The van der Waals surface area contributed by atoms with Gasteiger partial charge in [-0.25, -0.2) is 14.8 Å². The lowest BCUT2D eigenvalue weighted by Crippen LogP contribution is -2.64. The SMILES string of the molecule is COCCCCCCCCOc1ccc(-c2nn3cc(-c4ccc(C(=O)N[C@H]5CC(O)CNC(=O)C6C(O)C(C)CN6C(=O)C(C(O)CC(N)=O)NC(=O)C(C(O)C(O)c6ccc(O)c(OSOOO)c6)NC(=O)C6CC(O)CN6C(=O)C(C(C)O)NC5=O)cc4)nc3s2)cc1. The Hall–Kier alpha value is -8.17. The van der Waals surface area contributed by atoms with Gasteiger partial charge < -0.3 is 96.6 Å². The molecule has 16 N–H and O–H groups in total.